The first-order chi connectivity index (χ1) is 9.95. The van der Waals surface area contributed by atoms with Crippen LogP contribution in [0.15, 0.2) is 28.8 Å². The molecule has 1 aromatic carbocycles. The Hall–Kier alpha value is -3.23. The molecule has 1 heterocycles. The number of carbonyl (C=O) groups excluding carboxylic acids is 1. The van der Waals surface area contributed by atoms with Crippen LogP contribution in [0.2, 0.25) is 0 Å². The number of nitro benzene ring substituents is 1. The fourth-order valence-electron chi connectivity index (χ4n) is 1.73. The average molecular weight is 292 g/mol. The number of rotatable bonds is 4. The lowest BCUT2D eigenvalue weighted by Gasteiger charge is -2.05. The first kappa shape index (κ1) is 14.2. The highest BCUT2D eigenvalue weighted by Gasteiger charge is 2.27. The van der Waals surface area contributed by atoms with Gasteiger partial charge in [-0.05, 0) is 6.07 Å². The Morgan fingerprint density at radius 1 is 1.43 bits per heavy atom. The van der Waals surface area contributed by atoms with Gasteiger partial charge in [-0.1, -0.05) is 11.2 Å². The summed E-state index contributed by atoms with van der Waals surface area (Å²) in [5, 5.41) is 23.1. The number of carbonyl (C=O) groups is 2. The number of esters is 1. The Morgan fingerprint density at radius 2 is 2.14 bits per heavy atom. The number of nitro groups is 1. The van der Waals surface area contributed by atoms with Gasteiger partial charge in [-0.25, -0.2) is 9.59 Å². The summed E-state index contributed by atoms with van der Waals surface area (Å²) in [4.78, 5) is 32.8. The third-order valence-corrected chi connectivity index (χ3v) is 2.62. The number of benzene rings is 1. The monoisotopic (exact) mass is 292 g/mol. The molecule has 9 heteroatoms. The van der Waals surface area contributed by atoms with E-state index in [-0.39, 0.29) is 16.9 Å². The quantitative estimate of drug-likeness (QED) is 0.511. The molecule has 9 nitrogen and oxygen atoms in total. The molecule has 0 amide bonds. The summed E-state index contributed by atoms with van der Waals surface area (Å²) >= 11 is 0. The number of hydrogen-bond donors (Lipinski definition) is 1. The number of hydrogen-bond acceptors (Lipinski definition) is 7. The molecule has 0 bridgehead atoms. The maximum Gasteiger partial charge on any atom is 0.358 e. The minimum Gasteiger partial charge on any atom is -0.476 e. The Morgan fingerprint density at radius 3 is 2.67 bits per heavy atom. The van der Waals surface area contributed by atoms with Gasteiger partial charge in [-0.3, -0.25) is 10.1 Å². The molecule has 0 aliphatic rings. The Labute approximate surface area is 116 Å². The second-order valence-electron chi connectivity index (χ2n) is 3.83. The van der Waals surface area contributed by atoms with E-state index in [1.165, 1.54) is 12.1 Å². The van der Waals surface area contributed by atoms with Crippen molar-refractivity contribution in [1.29, 1.82) is 0 Å². The fourth-order valence-corrected chi connectivity index (χ4v) is 1.73. The zero-order valence-electron chi connectivity index (χ0n) is 10.6. The molecule has 0 unspecified atom stereocenters. The molecule has 0 fully saturated rings. The van der Waals surface area contributed by atoms with Gasteiger partial charge >= 0.3 is 11.9 Å². The zero-order valence-corrected chi connectivity index (χ0v) is 10.6. The number of carboxylic acid groups (broad SMARTS) is 1. The van der Waals surface area contributed by atoms with Crippen LogP contribution in [0.4, 0.5) is 5.69 Å². The van der Waals surface area contributed by atoms with Gasteiger partial charge in [0, 0.05) is 12.1 Å². The predicted octanol–water partition coefficient (Wildman–Crippen LogP) is 1.73. The van der Waals surface area contributed by atoms with Crippen molar-refractivity contribution in [2.75, 3.05) is 7.11 Å². The van der Waals surface area contributed by atoms with Crippen LogP contribution in [0, 0.1) is 10.1 Å². The van der Waals surface area contributed by atoms with Gasteiger partial charge in [0.2, 0.25) is 0 Å². The summed E-state index contributed by atoms with van der Waals surface area (Å²) in [6.07, 6.45) is 0. The lowest BCUT2D eigenvalue weighted by Crippen LogP contribution is -2.05. The van der Waals surface area contributed by atoms with E-state index in [2.05, 4.69) is 9.89 Å². The van der Waals surface area contributed by atoms with E-state index in [1.807, 2.05) is 0 Å². The average Bonchev–Trinajstić information content (AvgIpc) is 2.95. The predicted molar refractivity (Wildman–Crippen MR) is 66.9 cm³/mol. The van der Waals surface area contributed by atoms with Crippen LogP contribution >= 0.6 is 0 Å². The Balaban J connectivity index is 2.71. The van der Waals surface area contributed by atoms with E-state index in [4.69, 9.17) is 9.63 Å². The zero-order chi connectivity index (χ0) is 15.6. The minimum atomic E-state index is -1.36. The van der Waals surface area contributed by atoms with E-state index in [0.717, 1.165) is 19.2 Å². The molecular formula is C12H8N2O7. The van der Waals surface area contributed by atoms with Gasteiger partial charge in [0.25, 0.3) is 5.69 Å². The molecule has 1 aromatic heterocycles. The fraction of sp³-hybridized carbons (Fsp3) is 0.0833. The van der Waals surface area contributed by atoms with Crippen LogP contribution in [0.25, 0.3) is 11.3 Å². The first-order valence-electron chi connectivity index (χ1n) is 5.51. The molecular weight excluding hydrogens is 284 g/mol. The van der Waals surface area contributed by atoms with Gasteiger partial charge < -0.3 is 14.4 Å². The summed E-state index contributed by atoms with van der Waals surface area (Å²) < 4.78 is 9.34. The Bertz CT molecular complexity index is 735. The molecule has 0 spiro atoms. The van der Waals surface area contributed by atoms with Crippen LogP contribution in [0.5, 0.6) is 0 Å². The molecule has 21 heavy (non-hydrogen) atoms. The highest BCUT2D eigenvalue weighted by Crippen LogP contribution is 2.34. The molecule has 0 saturated heterocycles. The van der Waals surface area contributed by atoms with E-state index in [1.54, 1.807) is 0 Å². The van der Waals surface area contributed by atoms with Crippen molar-refractivity contribution in [3.05, 3.63) is 45.6 Å². The van der Waals surface area contributed by atoms with Gasteiger partial charge in [0.05, 0.1) is 17.6 Å². The van der Waals surface area contributed by atoms with Crippen molar-refractivity contribution in [3.8, 4) is 11.3 Å². The first-order valence-corrected chi connectivity index (χ1v) is 5.51. The van der Waals surface area contributed by atoms with Crippen molar-refractivity contribution in [1.82, 2.24) is 5.16 Å². The summed E-state index contributed by atoms with van der Waals surface area (Å²) in [6.45, 7) is 0. The van der Waals surface area contributed by atoms with Crippen molar-refractivity contribution in [2.24, 2.45) is 0 Å². The maximum absolute atomic E-state index is 11.7. The number of aromatic nitrogens is 1. The number of methoxy groups -OCH3 is 1. The number of carboxylic acids is 1. The summed E-state index contributed by atoms with van der Waals surface area (Å²) in [5.41, 5.74) is -1.17. The highest BCUT2D eigenvalue weighted by atomic mass is 16.6. The van der Waals surface area contributed by atoms with E-state index >= 15 is 0 Å². The lowest BCUT2D eigenvalue weighted by molar-refractivity contribution is -0.384. The van der Waals surface area contributed by atoms with Crippen LogP contribution in [0.1, 0.15) is 20.8 Å². The normalized spacial score (nSPS) is 10.1. The van der Waals surface area contributed by atoms with Gasteiger partial charge in [0.15, 0.2) is 11.5 Å². The number of ether oxygens (including phenoxy) is 1. The molecule has 1 N–H and O–H groups in total. The van der Waals surface area contributed by atoms with Crippen molar-refractivity contribution in [3.63, 3.8) is 0 Å². The summed E-state index contributed by atoms with van der Waals surface area (Å²) in [5.74, 6) is -2.38. The standard InChI is InChI=1S/C12H8N2O7/c1-20-12(17)6-3-2-4-8(14(18)19)10(6)9-5-7(11(15)16)13-21-9/h2-5H,1H3,(H,15,16). The van der Waals surface area contributed by atoms with E-state index < -0.39 is 28.2 Å². The molecule has 0 aliphatic heterocycles. The molecule has 0 radical (unpaired) electrons. The third kappa shape index (κ3) is 2.56. The SMILES string of the molecule is COC(=O)c1cccc([N+](=O)[O-])c1-c1cc(C(=O)O)no1. The van der Waals surface area contributed by atoms with E-state index in [0.29, 0.717) is 0 Å². The molecule has 0 aliphatic carbocycles. The van der Waals surface area contributed by atoms with Crippen molar-refractivity contribution >= 4 is 17.6 Å². The van der Waals surface area contributed by atoms with Crippen molar-refractivity contribution < 1.29 is 28.9 Å². The van der Waals surface area contributed by atoms with Gasteiger partial charge in [-0.2, -0.15) is 0 Å². The number of aromatic carboxylic acids is 1. The minimum absolute atomic E-state index is 0.125. The smallest absolute Gasteiger partial charge is 0.358 e. The van der Waals surface area contributed by atoms with Crippen LogP contribution < -0.4 is 0 Å². The lowest BCUT2D eigenvalue weighted by atomic mass is 10.0. The van der Waals surface area contributed by atoms with Crippen molar-refractivity contribution in [2.45, 2.75) is 0 Å². The second-order valence-corrected chi connectivity index (χ2v) is 3.83. The molecule has 108 valence electrons. The highest BCUT2D eigenvalue weighted by molar-refractivity contribution is 5.99. The second kappa shape index (κ2) is 5.41. The maximum atomic E-state index is 11.7. The number of nitrogens with zero attached hydrogens (tertiary/aromatic N) is 2. The summed E-state index contributed by atoms with van der Waals surface area (Å²) in [6, 6.07) is 4.77. The van der Waals surface area contributed by atoms with Gasteiger partial charge in [-0.15, -0.1) is 0 Å². The largest absolute Gasteiger partial charge is 0.476 e. The van der Waals surface area contributed by atoms with Crippen LogP contribution in [-0.4, -0.2) is 34.2 Å². The molecule has 0 saturated carbocycles. The summed E-state index contributed by atoms with van der Waals surface area (Å²) in [7, 11) is 1.12. The Kier molecular flexibility index (Phi) is 3.65. The van der Waals surface area contributed by atoms with Crippen LogP contribution in [-0.2, 0) is 4.74 Å². The van der Waals surface area contributed by atoms with E-state index in [9.17, 15) is 19.7 Å². The van der Waals surface area contributed by atoms with Gasteiger partial charge in [0.1, 0.15) is 5.56 Å². The molecule has 2 aromatic rings. The molecule has 0 atom stereocenters. The third-order valence-electron chi connectivity index (χ3n) is 2.62. The molecule has 2 rings (SSSR count). The topological polar surface area (TPSA) is 133 Å². The van der Waals surface area contributed by atoms with Crippen LogP contribution in [0.3, 0.4) is 0 Å².